The molecule has 3 N–H and O–H groups in total. The summed E-state index contributed by atoms with van der Waals surface area (Å²) < 4.78 is 14.0. The van der Waals surface area contributed by atoms with E-state index >= 15 is 0 Å². The molecule has 0 unspecified atom stereocenters. The number of nitrogens with two attached hydrogens (primary N) is 1. The van der Waals surface area contributed by atoms with Crippen molar-refractivity contribution < 1.29 is 9.47 Å². The lowest BCUT2D eigenvalue weighted by Crippen LogP contribution is -2.29. The van der Waals surface area contributed by atoms with Crippen molar-refractivity contribution in [2.24, 2.45) is 0 Å². The molecule has 0 fully saturated rings. The predicted octanol–water partition coefficient (Wildman–Crippen LogP) is 4.35. The number of fused-ring (bicyclic) bond motifs is 3. The van der Waals surface area contributed by atoms with Crippen LogP contribution in [0.4, 0.5) is 23.0 Å². The minimum atomic E-state index is 0.504. The third-order valence-corrected chi connectivity index (χ3v) is 6.66. The topological polar surface area (TPSA) is 93.7 Å². The first-order chi connectivity index (χ1) is 18.0. The van der Waals surface area contributed by atoms with Gasteiger partial charge in [0.15, 0.2) is 0 Å². The number of nitrogens with one attached hydrogen (secondary N) is 1. The Balaban J connectivity index is 1.53. The maximum absolute atomic E-state index is 6.35. The fourth-order valence-electron chi connectivity index (χ4n) is 4.80. The molecular formula is C28H35N7O2. The maximum atomic E-state index is 6.35. The molecule has 0 bridgehead atoms. The highest BCUT2D eigenvalue weighted by molar-refractivity contribution is 5.97. The third kappa shape index (κ3) is 5.05. The van der Waals surface area contributed by atoms with Gasteiger partial charge in [-0.2, -0.15) is 0 Å². The first kappa shape index (κ1) is 24.9. The average molecular weight is 502 g/mol. The van der Waals surface area contributed by atoms with E-state index < -0.39 is 0 Å². The van der Waals surface area contributed by atoms with E-state index in [4.69, 9.17) is 20.2 Å². The van der Waals surface area contributed by atoms with Gasteiger partial charge in [0.05, 0.1) is 48.3 Å². The summed E-state index contributed by atoms with van der Waals surface area (Å²) in [7, 11) is 6.19. The lowest BCUT2D eigenvalue weighted by atomic mass is 10.1. The van der Waals surface area contributed by atoms with Gasteiger partial charge in [0.25, 0.3) is 0 Å². The molecule has 0 radical (unpaired) electrons. The Morgan fingerprint density at radius 2 is 1.97 bits per heavy atom. The molecule has 37 heavy (non-hydrogen) atoms. The fourth-order valence-corrected chi connectivity index (χ4v) is 4.80. The summed E-state index contributed by atoms with van der Waals surface area (Å²) in [6.07, 6.45) is 1.79. The molecule has 0 spiro atoms. The summed E-state index contributed by atoms with van der Waals surface area (Å²) in [5.74, 6) is 1.17. The predicted molar refractivity (Wildman–Crippen MR) is 150 cm³/mol. The fraction of sp³-hybridized carbons (Fsp3) is 0.357. The van der Waals surface area contributed by atoms with E-state index in [1.54, 1.807) is 6.20 Å². The summed E-state index contributed by atoms with van der Waals surface area (Å²) in [5.41, 5.74) is 13.0. The highest BCUT2D eigenvalue weighted by atomic mass is 16.5. The normalized spacial score (nSPS) is 13.1. The molecule has 9 heteroatoms. The van der Waals surface area contributed by atoms with Crippen LogP contribution in [-0.2, 0) is 17.9 Å². The van der Waals surface area contributed by atoms with Gasteiger partial charge in [0.1, 0.15) is 5.75 Å². The summed E-state index contributed by atoms with van der Waals surface area (Å²) in [6, 6.07) is 14.3. The zero-order valence-electron chi connectivity index (χ0n) is 22.0. The molecule has 0 atom stereocenters. The zero-order valence-corrected chi connectivity index (χ0v) is 22.0. The van der Waals surface area contributed by atoms with Gasteiger partial charge >= 0.3 is 0 Å². The minimum absolute atomic E-state index is 0.504. The van der Waals surface area contributed by atoms with Gasteiger partial charge in [-0.3, -0.25) is 0 Å². The van der Waals surface area contributed by atoms with Crippen molar-refractivity contribution in [3.63, 3.8) is 0 Å². The van der Waals surface area contributed by atoms with Gasteiger partial charge < -0.3 is 34.9 Å². The Hall–Kier alpha value is -3.82. The molecule has 1 aliphatic heterocycles. The van der Waals surface area contributed by atoms with Crippen molar-refractivity contribution >= 4 is 33.9 Å². The number of rotatable bonds is 9. The maximum Gasteiger partial charge on any atom is 0.227 e. The third-order valence-electron chi connectivity index (χ3n) is 6.66. The molecule has 0 aliphatic carbocycles. The summed E-state index contributed by atoms with van der Waals surface area (Å²) in [5, 5.41) is 4.60. The number of nitrogen functional groups attached to an aromatic ring is 1. The second-order valence-corrected chi connectivity index (χ2v) is 9.50. The number of anilines is 4. The monoisotopic (exact) mass is 501 g/mol. The summed E-state index contributed by atoms with van der Waals surface area (Å²) in [6.45, 7) is 6.35. The smallest absolute Gasteiger partial charge is 0.227 e. The lowest BCUT2D eigenvalue weighted by Gasteiger charge is -2.25. The van der Waals surface area contributed by atoms with Gasteiger partial charge in [-0.05, 0) is 39.2 Å². The molecule has 9 nitrogen and oxygen atoms in total. The molecule has 194 valence electrons. The van der Waals surface area contributed by atoms with Crippen LogP contribution in [0.1, 0.15) is 12.6 Å². The second kappa shape index (κ2) is 10.7. The van der Waals surface area contributed by atoms with Gasteiger partial charge in [0.2, 0.25) is 5.95 Å². The van der Waals surface area contributed by atoms with Gasteiger partial charge in [0, 0.05) is 55.4 Å². The molecule has 5 rings (SSSR count). The number of nitrogens with zero attached hydrogens (tertiary/aromatic N) is 5. The minimum Gasteiger partial charge on any atom is -0.492 e. The molecule has 3 heterocycles. The van der Waals surface area contributed by atoms with Crippen LogP contribution in [0, 0.1) is 0 Å². The number of ether oxygens (including phenoxy) is 2. The van der Waals surface area contributed by atoms with Crippen LogP contribution >= 0.6 is 0 Å². The van der Waals surface area contributed by atoms with Crippen LogP contribution in [0.25, 0.3) is 22.2 Å². The van der Waals surface area contributed by atoms with Crippen molar-refractivity contribution in [2.45, 2.75) is 20.1 Å². The van der Waals surface area contributed by atoms with Crippen molar-refractivity contribution in [3.8, 4) is 17.0 Å². The van der Waals surface area contributed by atoms with Crippen LogP contribution in [0.2, 0.25) is 0 Å². The highest BCUT2D eigenvalue weighted by Crippen LogP contribution is 2.38. The first-order valence-corrected chi connectivity index (χ1v) is 12.7. The van der Waals surface area contributed by atoms with E-state index in [9.17, 15) is 0 Å². The van der Waals surface area contributed by atoms with E-state index in [1.165, 1.54) is 10.9 Å². The number of hydrogen-bond acceptors (Lipinski definition) is 8. The number of benzene rings is 2. The van der Waals surface area contributed by atoms with E-state index in [-0.39, 0.29) is 0 Å². The SMILES string of the molecule is CCOc1cc(N(C)CCN(C)C)c(Nc2nccc(-c3c4n(c5ccccc35)CCOC4)n2)cc1N. The Kier molecular flexibility index (Phi) is 7.16. The van der Waals surface area contributed by atoms with E-state index in [0.29, 0.717) is 37.2 Å². The van der Waals surface area contributed by atoms with Crippen LogP contribution < -0.4 is 20.7 Å². The largest absolute Gasteiger partial charge is 0.492 e. The molecule has 0 saturated heterocycles. The second-order valence-electron chi connectivity index (χ2n) is 9.50. The van der Waals surface area contributed by atoms with E-state index in [2.05, 4.69) is 70.1 Å². The summed E-state index contributed by atoms with van der Waals surface area (Å²) in [4.78, 5) is 13.8. The number of hydrogen-bond donors (Lipinski definition) is 2. The lowest BCUT2D eigenvalue weighted by molar-refractivity contribution is 0.0869. The molecular weight excluding hydrogens is 466 g/mol. The number of likely N-dealkylation sites (N-methyl/N-ethyl adjacent to an activating group) is 2. The van der Waals surface area contributed by atoms with Gasteiger partial charge in [-0.15, -0.1) is 0 Å². The summed E-state index contributed by atoms with van der Waals surface area (Å²) >= 11 is 0. The number of aromatic nitrogens is 3. The van der Waals surface area contributed by atoms with Crippen molar-refractivity contribution in [1.29, 1.82) is 0 Å². The van der Waals surface area contributed by atoms with E-state index in [1.807, 2.05) is 25.1 Å². The van der Waals surface area contributed by atoms with Crippen LogP contribution in [0.15, 0.2) is 48.7 Å². The molecule has 2 aromatic carbocycles. The van der Waals surface area contributed by atoms with Crippen molar-refractivity contribution in [2.75, 3.05) is 63.4 Å². The zero-order chi connectivity index (χ0) is 25.9. The van der Waals surface area contributed by atoms with Crippen LogP contribution in [0.5, 0.6) is 5.75 Å². The molecule has 1 aliphatic rings. The Labute approximate surface area is 217 Å². The van der Waals surface area contributed by atoms with Gasteiger partial charge in [-0.1, -0.05) is 18.2 Å². The van der Waals surface area contributed by atoms with Gasteiger partial charge in [-0.25, -0.2) is 9.97 Å². The molecule has 4 aromatic rings. The quantitative estimate of drug-likeness (QED) is 0.327. The Morgan fingerprint density at radius 3 is 2.78 bits per heavy atom. The van der Waals surface area contributed by atoms with Crippen molar-refractivity contribution in [3.05, 3.63) is 54.4 Å². The number of para-hydroxylation sites is 1. The highest BCUT2D eigenvalue weighted by Gasteiger charge is 2.22. The van der Waals surface area contributed by atoms with E-state index in [0.717, 1.165) is 48.0 Å². The first-order valence-electron chi connectivity index (χ1n) is 12.7. The average Bonchev–Trinajstić information content (AvgIpc) is 3.23. The molecule has 2 aromatic heterocycles. The standard InChI is InChI=1S/C28H35N7O2/c1-5-37-26-17-24(34(4)13-12-33(2)3)22(16-20(26)29)32-28-30-11-10-21(31-28)27-19-8-6-7-9-23(19)35-14-15-36-18-25(27)35/h6-11,16-17H,5,12-15,18,29H2,1-4H3,(H,30,31,32). The van der Waals surface area contributed by atoms with Crippen LogP contribution in [-0.4, -0.2) is 66.9 Å². The molecule has 0 saturated carbocycles. The molecule has 0 amide bonds. The Morgan fingerprint density at radius 1 is 1.14 bits per heavy atom. The Bertz CT molecular complexity index is 1400. The van der Waals surface area contributed by atoms with Crippen molar-refractivity contribution in [1.82, 2.24) is 19.4 Å². The van der Waals surface area contributed by atoms with Crippen LogP contribution in [0.3, 0.4) is 0 Å².